The predicted octanol–water partition coefficient (Wildman–Crippen LogP) is 1.06. The van der Waals surface area contributed by atoms with E-state index in [1.165, 1.54) is 6.92 Å². The van der Waals surface area contributed by atoms with Gasteiger partial charge in [0.05, 0.1) is 11.2 Å². The maximum atomic E-state index is 13.8. The normalized spacial score (nSPS) is 24.0. The maximum absolute atomic E-state index is 13.8. The number of β-amino-alcohol motifs (C(OH)–C–C–N with tert-alkyl or cyclic N) is 1. The Balaban J connectivity index is 2.44. The molecule has 0 spiro atoms. The van der Waals surface area contributed by atoms with Gasteiger partial charge in [0.25, 0.3) is 0 Å². The van der Waals surface area contributed by atoms with Crippen LogP contribution < -0.4 is 0 Å². The first-order valence-electron chi connectivity index (χ1n) is 6.39. The zero-order valence-electron chi connectivity index (χ0n) is 11.4. The Bertz CT molecular complexity index is 671. The van der Waals surface area contributed by atoms with Gasteiger partial charge in [-0.2, -0.15) is 4.31 Å². The van der Waals surface area contributed by atoms with Crippen molar-refractivity contribution in [3.8, 4) is 0 Å². The molecule has 21 heavy (non-hydrogen) atoms. The van der Waals surface area contributed by atoms with Crippen molar-refractivity contribution >= 4 is 16.0 Å². The molecule has 0 saturated carbocycles. The molecule has 6 nitrogen and oxygen atoms in total. The summed E-state index contributed by atoms with van der Waals surface area (Å²) < 4.78 is 39.7. The highest BCUT2D eigenvalue weighted by Gasteiger charge is 2.36. The number of carboxylic acids is 1. The predicted molar refractivity (Wildman–Crippen MR) is 72.0 cm³/mol. The topological polar surface area (TPSA) is 94.9 Å². The second kappa shape index (κ2) is 5.36. The van der Waals surface area contributed by atoms with Gasteiger partial charge in [-0.05, 0) is 38.0 Å². The average Bonchev–Trinajstić information content (AvgIpc) is 2.37. The van der Waals surface area contributed by atoms with Gasteiger partial charge < -0.3 is 10.2 Å². The van der Waals surface area contributed by atoms with Crippen LogP contribution in [-0.2, 0) is 10.0 Å². The molecule has 0 radical (unpaired) electrons. The molecule has 0 amide bonds. The molecule has 1 aliphatic heterocycles. The van der Waals surface area contributed by atoms with E-state index in [1.807, 2.05) is 0 Å². The number of carboxylic acid groups (broad SMARTS) is 1. The molecule has 2 N–H and O–H groups in total. The lowest BCUT2D eigenvalue weighted by atomic mass is 9.97. The monoisotopic (exact) mass is 317 g/mol. The minimum Gasteiger partial charge on any atom is -0.478 e. The third-order valence-corrected chi connectivity index (χ3v) is 5.30. The molecule has 0 aromatic heterocycles. The molecule has 1 atom stereocenters. The fraction of sp³-hybridized carbons (Fsp3) is 0.462. The number of sulfonamides is 1. The smallest absolute Gasteiger partial charge is 0.335 e. The third kappa shape index (κ3) is 3.22. The highest BCUT2D eigenvalue weighted by atomic mass is 32.2. The first-order chi connectivity index (χ1) is 9.63. The van der Waals surface area contributed by atoms with Crippen LogP contribution in [0.2, 0.25) is 0 Å². The highest BCUT2D eigenvalue weighted by Crippen LogP contribution is 2.27. The Labute approximate surface area is 121 Å². The van der Waals surface area contributed by atoms with Crippen molar-refractivity contribution in [3.63, 3.8) is 0 Å². The van der Waals surface area contributed by atoms with E-state index >= 15 is 0 Å². The first kappa shape index (κ1) is 15.9. The zero-order valence-corrected chi connectivity index (χ0v) is 12.2. The Kier molecular flexibility index (Phi) is 4.05. The molecule has 8 heteroatoms. The quantitative estimate of drug-likeness (QED) is 0.869. The molecule has 1 fully saturated rings. The SMILES string of the molecule is CC1(O)CCCN(S(=O)(=O)c2cc(C(=O)O)ccc2F)C1. The summed E-state index contributed by atoms with van der Waals surface area (Å²) in [5.41, 5.74) is -1.48. The van der Waals surface area contributed by atoms with Crippen LogP contribution in [0, 0.1) is 5.82 Å². The maximum Gasteiger partial charge on any atom is 0.335 e. The Morgan fingerprint density at radius 1 is 1.43 bits per heavy atom. The number of piperidine rings is 1. The summed E-state index contributed by atoms with van der Waals surface area (Å²) in [6.07, 6.45) is 0.906. The van der Waals surface area contributed by atoms with Crippen molar-refractivity contribution in [3.05, 3.63) is 29.6 Å². The third-order valence-electron chi connectivity index (χ3n) is 3.44. The summed E-state index contributed by atoms with van der Waals surface area (Å²) in [5, 5.41) is 18.9. The summed E-state index contributed by atoms with van der Waals surface area (Å²) >= 11 is 0. The van der Waals surface area contributed by atoms with Gasteiger partial charge >= 0.3 is 5.97 Å². The van der Waals surface area contributed by atoms with Crippen molar-refractivity contribution < 1.29 is 27.8 Å². The molecular formula is C13H16FNO5S. The summed E-state index contributed by atoms with van der Waals surface area (Å²) in [4.78, 5) is 10.2. The largest absolute Gasteiger partial charge is 0.478 e. The number of hydrogen-bond donors (Lipinski definition) is 2. The minimum absolute atomic E-state index is 0.147. The van der Waals surface area contributed by atoms with Crippen molar-refractivity contribution in [1.29, 1.82) is 0 Å². The fourth-order valence-electron chi connectivity index (χ4n) is 2.35. The summed E-state index contributed by atoms with van der Waals surface area (Å²) in [6, 6.07) is 2.62. The molecule has 1 saturated heterocycles. The van der Waals surface area contributed by atoms with E-state index in [1.54, 1.807) is 0 Å². The number of nitrogens with zero attached hydrogens (tertiary/aromatic N) is 1. The molecule has 1 unspecified atom stereocenters. The van der Waals surface area contributed by atoms with E-state index in [4.69, 9.17) is 5.11 Å². The second-order valence-electron chi connectivity index (χ2n) is 5.39. The second-order valence-corrected chi connectivity index (χ2v) is 7.30. The lowest BCUT2D eigenvalue weighted by molar-refractivity contribution is 0.00933. The van der Waals surface area contributed by atoms with Gasteiger partial charge in [-0.1, -0.05) is 0 Å². The summed E-state index contributed by atoms with van der Waals surface area (Å²) in [7, 11) is -4.18. The van der Waals surface area contributed by atoms with Crippen LogP contribution in [0.1, 0.15) is 30.1 Å². The summed E-state index contributed by atoms with van der Waals surface area (Å²) in [5.74, 6) is -2.35. The number of hydrogen-bond acceptors (Lipinski definition) is 4. The number of carbonyl (C=O) groups is 1. The van der Waals surface area contributed by atoms with Crippen LogP contribution in [0.25, 0.3) is 0 Å². The van der Waals surface area contributed by atoms with Crippen LogP contribution in [-0.4, -0.2) is 47.6 Å². The van der Waals surface area contributed by atoms with E-state index in [-0.39, 0.29) is 18.7 Å². The van der Waals surface area contributed by atoms with Gasteiger partial charge in [-0.3, -0.25) is 0 Å². The van der Waals surface area contributed by atoms with Crippen LogP contribution in [0.15, 0.2) is 23.1 Å². The van der Waals surface area contributed by atoms with Gasteiger partial charge in [0.2, 0.25) is 10.0 Å². The van der Waals surface area contributed by atoms with E-state index in [0.29, 0.717) is 12.8 Å². The van der Waals surface area contributed by atoms with Crippen LogP contribution in [0.3, 0.4) is 0 Å². The molecule has 116 valence electrons. The Morgan fingerprint density at radius 2 is 2.10 bits per heavy atom. The van der Waals surface area contributed by atoms with E-state index in [0.717, 1.165) is 22.5 Å². The number of aromatic carboxylic acids is 1. The van der Waals surface area contributed by atoms with Crippen LogP contribution in [0.4, 0.5) is 4.39 Å². The lowest BCUT2D eigenvalue weighted by Gasteiger charge is -2.35. The van der Waals surface area contributed by atoms with Crippen molar-refractivity contribution in [2.75, 3.05) is 13.1 Å². The number of aliphatic hydroxyl groups is 1. The van der Waals surface area contributed by atoms with Gasteiger partial charge in [0.15, 0.2) is 0 Å². The van der Waals surface area contributed by atoms with Crippen molar-refractivity contribution in [2.24, 2.45) is 0 Å². The zero-order chi connectivity index (χ0) is 15.8. The fourth-order valence-corrected chi connectivity index (χ4v) is 4.04. The van der Waals surface area contributed by atoms with Crippen molar-refractivity contribution in [1.82, 2.24) is 4.31 Å². The van der Waals surface area contributed by atoms with Gasteiger partial charge in [-0.15, -0.1) is 0 Å². The van der Waals surface area contributed by atoms with E-state index in [9.17, 15) is 22.7 Å². The molecule has 2 rings (SSSR count). The molecule has 1 aliphatic rings. The Hall–Kier alpha value is -1.51. The van der Waals surface area contributed by atoms with Crippen LogP contribution in [0.5, 0.6) is 0 Å². The molecule has 0 aliphatic carbocycles. The molecule has 1 aromatic rings. The lowest BCUT2D eigenvalue weighted by Crippen LogP contribution is -2.48. The van der Waals surface area contributed by atoms with Gasteiger partial charge in [-0.25, -0.2) is 17.6 Å². The molecule has 0 bridgehead atoms. The van der Waals surface area contributed by atoms with Gasteiger partial charge in [0, 0.05) is 13.1 Å². The Morgan fingerprint density at radius 3 is 2.67 bits per heavy atom. The summed E-state index contributed by atoms with van der Waals surface area (Å²) in [6.45, 7) is 1.53. The highest BCUT2D eigenvalue weighted by molar-refractivity contribution is 7.89. The average molecular weight is 317 g/mol. The standard InChI is InChI=1S/C13H16FNO5S/c1-13(18)5-2-6-15(8-13)21(19,20)11-7-9(12(16)17)3-4-10(11)14/h3-4,7,18H,2,5-6,8H2,1H3,(H,16,17). The number of rotatable bonds is 3. The van der Waals surface area contributed by atoms with Crippen LogP contribution >= 0.6 is 0 Å². The van der Waals surface area contributed by atoms with E-state index < -0.39 is 32.3 Å². The number of benzene rings is 1. The van der Waals surface area contributed by atoms with Crippen molar-refractivity contribution in [2.45, 2.75) is 30.3 Å². The van der Waals surface area contributed by atoms with Gasteiger partial charge in [0.1, 0.15) is 10.7 Å². The first-order valence-corrected chi connectivity index (χ1v) is 7.83. The minimum atomic E-state index is -4.18. The van der Waals surface area contributed by atoms with E-state index in [2.05, 4.69) is 0 Å². The number of halogens is 1. The molecule has 1 aromatic carbocycles. The molecular weight excluding hydrogens is 301 g/mol. The molecule has 1 heterocycles.